The van der Waals surface area contributed by atoms with E-state index in [9.17, 15) is 0 Å². The van der Waals surface area contributed by atoms with Gasteiger partial charge in [-0.1, -0.05) is 60.7 Å². The van der Waals surface area contributed by atoms with Crippen molar-refractivity contribution in [3.63, 3.8) is 0 Å². The molecule has 2 heteroatoms. The second-order valence-corrected chi connectivity index (χ2v) is 4.71. The van der Waals surface area contributed by atoms with Crippen LogP contribution in [-0.4, -0.2) is 7.11 Å². The molecule has 2 nitrogen and oxygen atoms in total. The van der Waals surface area contributed by atoms with Gasteiger partial charge in [0.05, 0.1) is 0 Å². The molecule has 2 aromatic carbocycles. The molecule has 1 heterocycles. The normalized spacial score (nSPS) is 20.6. The van der Waals surface area contributed by atoms with Gasteiger partial charge in [0.15, 0.2) is 5.72 Å². The third kappa shape index (κ3) is 2.15. The van der Waals surface area contributed by atoms with Crippen LogP contribution in [0.15, 0.2) is 79.0 Å². The maximum Gasteiger partial charge on any atom is 0.184 e. The van der Waals surface area contributed by atoms with Gasteiger partial charge in [-0.05, 0) is 29.5 Å². The highest BCUT2D eigenvalue weighted by Crippen LogP contribution is 2.34. The highest BCUT2D eigenvalue weighted by Gasteiger charge is 2.31. The van der Waals surface area contributed by atoms with Crippen LogP contribution in [0.5, 0.6) is 0 Å². The number of allylic oxidation sites excluding steroid dienone is 2. The molecule has 1 atom stereocenters. The Balaban J connectivity index is 2.15. The first-order valence-corrected chi connectivity index (χ1v) is 6.68. The van der Waals surface area contributed by atoms with E-state index in [4.69, 9.17) is 4.74 Å². The van der Waals surface area contributed by atoms with Crippen LogP contribution in [0.1, 0.15) is 5.56 Å². The molecule has 0 spiro atoms. The summed E-state index contributed by atoms with van der Waals surface area (Å²) in [6.45, 7) is 0. The Hall–Kier alpha value is -2.32. The Morgan fingerprint density at radius 3 is 2.35 bits per heavy atom. The van der Waals surface area contributed by atoms with Crippen LogP contribution < -0.4 is 5.32 Å². The van der Waals surface area contributed by atoms with Gasteiger partial charge < -0.3 is 10.1 Å². The molecule has 0 aromatic heterocycles. The zero-order valence-electron chi connectivity index (χ0n) is 11.4. The molecule has 2 aromatic rings. The van der Waals surface area contributed by atoms with Crippen molar-refractivity contribution in [1.29, 1.82) is 0 Å². The first-order valence-electron chi connectivity index (χ1n) is 6.68. The summed E-state index contributed by atoms with van der Waals surface area (Å²) in [4.78, 5) is 0. The van der Waals surface area contributed by atoms with Crippen LogP contribution in [0.2, 0.25) is 0 Å². The van der Waals surface area contributed by atoms with Crippen LogP contribution in [0, 0.1) is 0 Å². The first-order chi connectivity index (χ1) is 9.86. The van der Waals surface area contributed by atoms with Crippen LogP contribution in [0.4, 0.5) is 0 Å². The molecule has 3 rings (SSSR count). The minimum atomic E-state index is -0.610. The molecule has 0 saturated heterocycles. The lowest BCUT2D eigenvalue weighted by molar-refractivity contribution is 0.00969. The van der Waals surface area contributed by atoms with Gasteiger partial charge in [0, 0.05) is 12.7 Å². The Kier molecular flexibility index (Phi) is 3.40. The fourth-order valence-electron chi connectivity index (χ4n) is 2.55. The number of ether oxygens (including phenoxy) is 1. The quantitative estimate of drug-likeness (QED) is 0.908. The summed E-state index contributed by atoms with van der Waals surface area (Å²) < 4.78 is 5.78. The van der Waals surface area contributed by atoms with Gasteiger partial charge in [-0.25, -0.2) is 0 Å². The molecule has 20 heavy (non-hydrogen) atoms. The SMILES string of the molecule is COC1(c2ccccc2-c2ccccc2)C=CC=CN1. The van der Waals surface area contributed by atoms with E-state index in [1.807, 2.05) is 36.6 Å². The zero-order valence-corrected chi connectivity index (χ0v) is 11.4. The fourth-order valence-corrected chi connectivity index (χ4v) is 2.55. The third-order valence-electron chi connectivity index (χ3n) is 3.57. The molecule has 0 saturated carbocycles. The highest BCUT2D eigenvalue weighted by molar-refractivity contribution is 5.69. The molecular weight excluding hydrogens is 246 g/mol. The van der Waals surface area contributed by atoms with Crippen molar-refractivity contribution in [2.45, 2.75) is 5.72 Å². The van der Waals surface area contributed by atoms with Crippen molar-refractivity contribution in [1.82, 2.24) is 5.32 Å². The number of benzene rings is 2. The van der Waals surface area contributed by atoms with E-state index in [2.05, 4.69) is 47.8 Å². The molecule has 1 aliphatic rings. The lowest BCUT2D eigenvalue weighted by Gasteiger charge is -2.33. The molecule has 0 bridgehead atoms. The first kappa shape index (κ1) is 12.7. The smallest absolute Gasteiger partial charge is 0.184 e. The van der Waals surface area contributed by atoms with E-state index in [0.717, 1.165) is 5.56 Å². The summed E-state index contributed by atoms with van der Waals surface area (Å²) in [6, 6.07) is 18.7. The standard InChI is InChI=1S/C18H17NO/c1-20-18(13-7-8-14-19-18)17-12-6-5-11-16(17)15-9-3-2-4-10-15/h2-14,19H,1H3. The number of nitrogens with one attached hydrogen (secondary N) is 1. The largest absolute Gasteiger partial charge is 0.357 e. The molecule has 1 unspecified atom stereocenters. The van der Waals surface area contributed by atoms with E-state index in [-0.39, 0.29) is 0 Å². The van der Waals surface area contributed by atoms with Gasteiger partial charge in [0.25, 0.3) is 0 Å². The number of methoxy groups -OCH3 is 1. The van der Waals surface area contributed by atoms with E-state index in [1.54, 1.807) is 7.11 Å². The molecule has 0 aliphatic carbocycles. The van der Waals surface area contributed by atoms with E-state index < -0.39 is 5.72 Å². The molecule has 0 amide bonds. The van der Waals surface area contributed by atoms with Crippen molar-refractivity contribution in [2.75, 3.05) is 7.11 Å². The summed E-state index contributed by atoms with van der Waals surface area (Å²) in [7, 11) is 1.72. The van der Waals surface area contributed by atoms with Crippen molar-refractivity contribution in [2.24, 2.45) is 0 Å². The summed E-state index contributed by atoms with van der Waals surface area (Å²) in [5.74, 6) is 0. The van der Waals surface area contributed by atoms with Crippen LogP contribution in [0.25, 0.3) is 11.1 Å². The van der Waals surface area contributed by atoms with E-state index in [0.29, 0.717) is 0 Å². The van der Waals surface area contributed by atoms with Crippen LogP contribution in [-0.2, 0) is 10.5 Å². The monoisotopic (exact) mass is 263 g/mol. The van der Waals surface area contributed by atoms with Crippen molar-refractivity contribution >= 4 is 0 Å². The summed E-state index contributed by atoms with van der Waals surface area (Å²) in [6.07, 6.45) is 7.91. The van der Waals surface area contributed by atoms with Gasteiger partial charge >= 0.3 is 0 Å². The van der Waals surface area contributed by atoms with Crippen molar-refractivity contribution < 1.29 is 4.74 Å². The van der Waals surface area contributed by atoms with Gasteiger partial charge in [0.1, 0.15) is 0 Å². The van der Waals surface area contributed by atoms with Gasteiger partial charge in [-0.2, -0.15) is 0 Å². The fraction of sp³-hybridized carbons (Fsp3) is 0.111. The topological polar surface area (TPSA) is 21.3 Å². The average molecular weight is 263 g/mol. The second-order valence-electron chi connectivity index (χ2n) is 4.71. The predicted molar refractivity (Wildman–Crippen MR) is 82.0 cm³/mol. The van der Waals surface area contributed by atoms with E-state index >= 15 is 0 Å². The Labute approximate surface area is 119 Å². The maximum absolute atomic E-state index is 5.78. The molecule has 100 valence electrons. The third-order valence-corrected chi connectivity index (χ3v) is 3.57. The zero-order chi connectivity index (χ0) is 13.8. The summed E-state index contributed by atoms with van der Waals surface area (Å²) in [5.41, 5.74) is 2.85. The van der Waals surface area contributed by atoms with Crippen molar-refractivity contribution in [3.8, 4) is 11.1 Å². The maximum atomic E-state index is 5.78. The Morgan fingerprint density at radius 2 is 1.65 bits per heavy atom. The molecular formula is C18H17NO. The molecule has 0 fully saturated rings. The summed E-state index contributed by atoms with van der Waals surface area (Å²) >= 11 is 0. The number of rotatable bonds is 3. The second kappa shape index (κ2) is 5.35. The summed E-state index contributed by atoms with van der Waals surface area (Å²) in [5, 5.41) is 3.32. The number of dihydropyridines is 1. The average Bonchev–Trinajstić information content (AvgIpc) is 2.56. The number of hydrogen-bond donors (Lipinski definition) is 1. The lowest BCUT2D eigenvalue weighted by atomic mass is 9.91. The predicted octanol–water partition coefficient (Wildman–Crippen LogP) is 3.83. The Bertz CT molecular complexity index is 645. The van der Waals surface area contributed by atoms with E-state index in [1.165, 1.54) is 11.1 Å². The van der Waals surface area contributed by atoms with Gasteiger partial charge in [0.2, 0.25) is 0 Å². The molecule has 1 aliphatic heterocycles. The van der Waals surface area contributed by atoms with Gasteiger partial charge in [-0.3, -0.25) is 0 Å². The van der Waals surface area contributed by atoms with Crippen LogP contribution in [0.3, 0.4) is 0 Å². The molecule has 0 radical (unpaired) electrons. The van der Waals surface area contributed by atoms with Gasteiger partial charge in [-0.15, -0.1) is 0 Å². The minimum Gasteiger partial charge on any atom is -0.357 e. The Morgan fingerprint density at radius 1 is 0.900 bits per heavy atom. The van der Waals surface area contributed by atoms with Crippen LogP contribution >= 0.6 is 0 Å². The molecule has 1 N–H and O–H groups in total. The highest BCUT2D eigenvalue weighted by atomic mass is 16.5. The minimum absolute atomic E-state index is 0.610. The lowest BCUT2D eigenvalue weighted by Crippen LogP contribution is -2.40. The van der Waals surface area contributed by atoms with Crippen molar-refractivity contribution in [3.05, 3.63) is 84.6 Å². The number of hydrogen-bond acceptors (Lipinski definition) is 2.